The first-order chi connectivity index (χ1) is 11.7. The quantitative estimate of drug-likeness (QED) is 0.552. The van der Waals surface area contributed by atoms with E-state index in [1.807, 2.05) is 36.4 Å². The molecular formula is C19H21NO4. The highest BCUT2D eigenvalue weighted by Gasteiger charge is 2.10. The summed E-state index contributed by atoms with van der Waals surface area (Å²) in [5, 5.41) is 0. The first-order valence-electron chi connectivity index (χ1n) is 7.54. The molecule has 0 spiro atoms. The van der Waals surface area contributed by atoms with Crippen molar-refractivity contribution in [1.29, 1.82) is 0 Å². The molecular weight excluding hydrogens is 306 g/mol. The van der Waals surface area contributed by atoms with Gasteiger partial charge in [-0.2, -0.15) is 0 Å². The Bertz CT molecular complexity index is 698. The Morgan fingerprint density at radius 3 is 2.38 bits per heavy atom. The average Bonchev–Trinajstić information content (AvgIpc) is 2.65. The summed E-state index contributed by atoms with van der Waals surface area (Å²) >= 11 is 0. The predicted molar refractivity (Wildman–Crippen MR) is 93.3 cm³/mol. The van der Waals surface area contributed by atoms with Gasteiger partial charge in [-0.15, -0.1) is 0 Å². The van der Waals surface area contributed by atoms with Crippen LogP contribution in [-0.4, -0.2) is 39.6 Å². The number of benzene rings is 2. The van der Waals surface area contributed by atoms with Crippen LogP contribution in [0.4, 0.5) is 0 Å². The number of Topliss-reactive ketones (excluding diaryl/α,β-unsaturated/α-hetero) is 1. The number of hydrogen-bond acceptors (Lipinski definition) is 5. The zero-order chi connectivity index (χ0) is 17.4. The van der Waals surface area contributed by atoms with Gasteiger partial charge in [0.05, 0.1) is 20.4 Å². The van der Waals surface area contributed by atoms with Gasteiger partial charge in [-0.05, 0) is 17.7 Å². The molecule has 0 heterocycles. The van der Waals surface area contributed by atoms with Gasteiger partial charge in [-0.3, -0.25) is 9.79 Å². The first-order valence-corrected chi connectivity index (χ1v) is 7.54. The molecule has 24 heavy (non-hydrogen) atoms. The lowest BCUT2D eigenvalue weighted by Crippen LogP contribution is -2.13. The third kappa shape index (κ3) is 4.67. The minimum absolute atomic E-state index is 0.148. The fourth-order valence-electron chi connectivity index (χ4n) is 2.23. The van der Waals surface area contributed by atoms with Crippen LogP contribution in [-0.2, 0) is 11.2 Å². The maximum absolute atomic E-state index is 12.1. The zero-order valence-corrected chi connectivity index (χ0v) is 14.1. The van der Waals surface area contributed by atoms with Crippen molar-refractivity contribution >= 4 is 12.0 Å². The second kappa shape index (κ2) is 8.84. The second-order valence-corrected chi connectivity index (χ2v) is 5.09. The molecule has 0 aromatic heterocycles. The number of methoxy groups -OCH3 is 3. The molecule has 5 nitrogen and oxygen atoms in total. The summed E-state index contributed by atoms with van der Waals surface area (Å²) in [6.07, 6.45) is 1.38. The Labute approximate surface area is 141 Å². The number of rotatable bonds is 8. The summed E-state index contributed by atoms with van der Waals surface area (Å²) in [5.41, 5.74) is 1.58. The van der Waals surface area contributed by atoms with Crippen molar-refractivity contribution in [3.05, 3.63) is 59.7 Å². The zero-order valence-electron chi connectivity index (χ0n) is 14.1. The lowest BCUT2D eigenvalue weighted by Gasteiger charge is -2.13. The molecule has 2 rings (SSSR count). The van der Waals surface area contributed by atoms with Crippen LogP contribution in [0.3, 0.4) is 0 Å². The molecule has 5 heteroatoms. The molecule has 0 aliphatic heterocycles. The third-order valence-electron chi connectivity index (χ3n) is 3.55. The normalized spacial score (nSPS) is 12.1. The topological polar surface area (TPSA) is 57.1 Å². The van der Waals surface area contributed by atoms with Crippen LogP contribution in [0.25, 0.3) is 0 Å². The number of nitrogens with zero attached hydrogens (tertiary/aromatic N) is 1. The van der Waals surface area contributed by atoms with E-state index in [1.165, 1.54) is 6.21 Å². The Morgan fingerprint density at radius 2 is 1.75 bits per heavy atom. The van der Waals surface area contributed by atoms with E-state index in [9.17, 15) is 4.79 Å². The molecule has 0 radical (unpaired) electrons. The minimum Gasteiger partial charge on any atom is -0.493 e. The predicted octanol–water partition coefficient (Wildman–Crippen LogP) is 3.17. The van der Waals surface area contributed by atoms with Crippen molar-refractivity contribution in [2.45, 2.75) is 12.6 Å². The molecule has 0 bridgehead atoms. The van der Waals surface area contributed by atoms with Crippen molar-refractivity contribution in [2.75, 3.05) is 21.3 Å². The van der Waals surface area contributed by atoms with Gasteiger partial charge >= 0.3 is 0 Å². The summed E-state index contributed by atoms with van der Waals surface area (Å²) in [6.45, 7) is 0. The molecule has 0 saturated heterocycles. The van der Waals surface area contributed by atoms with Gasteiger partial charge in [-0.25, -0.2) is 0 Å². The Kier molecular flexibility index (Phi) is 6.51. The van der Waals surface area contributed by atoms with Gasteiger partial charge in [0.15, 0.2) is 17.7 Å². The first kappa shape index (κ1) is 17.7. The Hall–Kier alpha value is -2.66. The van der Waals surface area contributed by atoms with Crippen molar-refractivity contribution < 1.29 is 19.0 Å². The van der Waals surface area contributed by atoms with E-state index < -0.39 is 6.23 Å². The molecule has 0 N–H and O–H groups in total. The van der Waals surface area contributed by atoms with Gasteiger partial charge in [0.1, 0.15) is 0 Å². The monoisotopic (exact) mass is 327 g/mol. The van der Waals surface area contributed by atoms with Gasteiger partial charge < -0.3 is 14.2 Å². The van der Waals surface area contributed by atoms with Crippen molar-refractivity contribution in [2.24, 2.45) is 4.99 Å². The molecule has 0 amide bonds. The lowest BCUT2D eigenvalue weighted by molar-refractivity contribution is 0.103. The van der Waals surface area contributed by atoms with E-state index >= 15 is 0 Å². The molecule has 0 fully saturated rings. The van der Waals surface area contributed by atoms with E-state index in [0.29, 0.717) is 23.5 Å². The van der Waals surface area contributed by atoms with Crippen LogP contribution < -0.4 is 9.47 Å². The van der Waals surface area contributed by atoms with Crippen LogP contribution in [0.1, 0.15) is 15.9 Å². The molecule has 0 saturated carbocycles. The van der Waals surface area contributed by atoms with Crippen LogP contribution in [0.15, 0.2) is 53.5 Å². The van der Waals surface area contributed by atoms with Crippen molar-refractivity contribution in [3.63, 3.8) is 0 Å². The van der Waals surface area contributed by atoms with E-state index in [2.05, 4.69) is 4.99 Å². The third-order valence-corrected chi connectivity index (χ3v) is 3.55. The van der Waals surface area contributed by atoms with Gasteiger partial charge in [0.25, 0.3) is 0 Å². The van der Waals surface area contributed by atoms with Gasteiger partial charge in [-0.1, -0.05) is 36.4 Å². The highest BCUT2D eigenvalue weighted by atomic mass is 16.5. The fourth-order valence-corrected chi connectivity index (χ4v) is 2.23. The maximum Gasteiger partial charge on any atom is 0.203 e. The number of ether oxygens (including phenoxy) is 3. The van der Waals surface area contributed by atoms with E-state index in [1.54, 1.807) is 33.5 Å². The molecule has 2 aromatic rings. The maximum atomic E-state index is 12.1. The van der Waals surface area contributed by atoms with Crippen LogP contribution in [0.5, 0.6) is 11.5 Å². The SMILES string of the molecule is COc1ccc(CC(N=CC(=O)c2ccccc2)OC)cc1OC. The van der Waals surface area contributed by atoms with Crippen molar-refractivity contribution in [1.82, 2.24) is 0 Å². The highest BCUT2D eigenvalue weighted by molar-refractivity contribution is 6.35. The number of carbonyl (C=O) groups is 1. The van der Waals surface area contributed by atoms with Crippen LogP contribution in [0.2, 0.25) is 0 Å². The molecule has 1 atom stereocenters. The lowest BCUT2D eigenvalue weighted by atomic mass is 10.1. The summed E-state index contributed by atoms with van der Waals surface area (Å²) < 4.78 is 15.9. The van der Waals surface area contributed by atoms with Gasteiger partial charge in [0, 0.05) is 19.1 Å². The molecule has 0 aliphatic carbocycles. The second-order valence-electron chi connectivity index (χ2n) is 5.09. The number of hydrogen-bond donors (Lipinski definition) is 0. The number of carbonyl (C=O) groups excluding carboxylic acids is 1. The van der Waals surface area contributed by atoms with E-state index in [0.717, 1.165) is 5.56 Å². The van der Waals surface area contributed by atoms with E-state index in [-0.39, 0.29) is 5.78 Å². The Balaban J connectivity index is 2.07. The molecule has 0 aliphatic rings. The number of ketones is 1. The minimum atomic E-state index is -0.448. The fraction of sp³-hybridized carbons (Fsp3) is 0.263. The van der Waals surface area contributed by atoms with Crippen LogP contribution in [0, 0.1) is 0 Å². The van der Waals surface area contributed by atoms with Gasteiger partial charge in [0.2, 0.25) is 5.78 Å². The Morgan fingerprint density at radius 1 is 1.04 bits per heavy atom. The smallest absolute Gasteiger partial charge is 0.203 e. The summed E-state index contributed by atoms with van der Waals surface area (Å²) in [4.78, 5) is 16.3. The average molecular weight is 327 g/mol. The summed E-state index contributed by atoms with van der Waals surface area (Å²) in [7, 11) is 4.75. The highest BCUT2D eigenvalue weighted by Crippen LogP contribution is 2.28. The number of aliphatic imine (C=N–C) groups is 1. The van der Waals surface area contributed by atoms with Crippen LogP contribution >= 0.6 is 0 Å². The summed E-state index contributed by atoms with van der Waals surface area (Å²) in [5.74, 6) is 1.16. The molecule has 1 unspecified atom stereocenters. The van der Waals surface area contributed by atoms with E-state index in [4.69, 9.17) is 14.2 Å². The largest absolute Gasteiger partial charge is 0.493 e. The molecule has 126 valence electrons. The molecule has 2 aromatic carbocycles. The standard InChI is InChI=1S/C19H21NO4/c1-22-17-10-9-14(11-18(17)23-2)12-19(24-3)20-13-16(21)15-7-5-4-6-8-15/h4-11,13,19H,12H2,1-3H3. The summed E-state index contributed by atoms with van der Waals surface area (Å²) in [6, 6.07) is 14.6. The van der Waals surface area contributed by atoms with Crippen molar-refractivity contribution in [3.8, 4) is 11.5 Å².